The lowest BCUT2D eigenvalue weighted by molar-refractivity contribution is -0.384. The molecule has 9 heteroatoms. The van der Waals surface area contributed by atoms with Crippen LogP contribution >= 0.6 is 0 Å². The Balaban J connectivity index is 1.47. The minimum absolute atomic E-state index is 0.0431. The van der Waals surface area contributed by atoms with E-state index in [-0.39, 0.29) is 17.5 Å². The summed E-state index contributed by atoms with van der Waals surface area (Å²) < 4.78 is 38.8. The molecule has 0 N–H and O–H groups in total. The number of para-hydroxylation sites is 1. The first-order valence-corrected chi connectivity index (χ1v) is 9.75. The van der Waals surface area contributed by atoms with E-state index in [1.54, 1.807) is 9.80 Å². The van der Waals surface area contributed by atoms with E-state index in [0.29, 0.717) is 38.5 Å². The smallest absolute Gasteiger partial charge is 0.366 e. The van der Waals surface area contributed by atoms with E-state index in [0.717, 1.165) is 29.8 Å². The second-order valence-corrected chi connectivity index (χ2v) is 7.59. The van der Waals surface area contributed by atoms with Crippen molar-refractivity contribution in [3.63, 3.8) is 0 Å². The minimum atomic E-state index is -4.64. The topological polar surface area (TPSA) is 66.7 Å². The van der Waals surface area contributed by atoms with Gasteiger partial charge in [0.05, 0.1) is 10.5 Å². The molecule has 1 saturated heterocycles. The third kappa shape index (κ3) is 3.71. The first-order valence-electron chi connectivity index (χ1n) is 9.75. The summed E-state index contributed by atoms with van der Waals surface area (Å²) in [6.45, 7) is 1.39. The summed E-state index contributed by atoms with van der Waals surface area (Å²) in [7, 11) is 0. The van der Waals surface area contributed by atoms with E-state index in [1.807, 2.05) is 24.3 Å². The van der Waals surface area contributed by atoms with Crippen LogP contribution < -0.4 is 9.80 Å². The van der Waals surface area contributed by atoms with Gasteiger partial charge in [-0.1, -0.05) is 18.2 Å². The summed E-state index contributed by atoms with van der Waals surface area (Å²) in [4.78, 5) is 27.1. The van der Waals surface area contributed by atoms with Crippen molar-refractivity contribution in [1.82, 2.24) is 0 Å². The predicted molar refractivity (Wildman–Crippen MR) is 106 cm³/mol. The Kier molecular flexibility index (Phi) is 5.13. The summed E-state index contributed by atoms with van der Waals surface area (Å²) >= 11 is 0. The Morgan fingerprint density at radius 3 is 2.40 bits per heavy atom. The van der Waals surface area contributed by atoms with Gasteiger partial charge in [0, 0.05) is 37.3 Å². The maximum absolute atomic E-state index is 13.0. The highest BCUT2D eigenvalue weighted by Gasteiger charge is 2.36. The van der Waals surface area contributed by atoms with E-state index >= 15 is 0 Å². The number of fused-ring (bicyclic) bond motifs is 1. The van der Waals surface area contributed by atoms with Crippen LogP contribution in [0.25, 0.3) is 0 Å². The van der Waals surface area contributed by atoms with Gasteiger partial charge in [0.15, 0.2) is 0 Å². The van der Waals surface area contributed by atoms with Crippen molar-refractivity contribution in [1.29, 1.82) is 0 Å². The number of nitrogens with zero attached hydrogens (tertiary/aromatic N) is 3. The van der Waals surface area contributed by atoms with E-state index in [9.17, 15) is 28.1 Å². The second kappa shape index (κ2) is 7.62. The van der Waals surface area contributed by atoms with Crippen LogP contribution in [0.1, 0.15) is 24.0 Å². The highest BCUT2D eigenvalue weighted by Crippen LogP contribution is 2.38. The van der Waals surface area contributed by atoms with Crippen LogP contribution in [0, 0.1) is 16.0 Å². The summed E-state index contributed by atoms with van der Waals surface area (Å²) in [6.07, 6.45) is -2.83. The molecule has 0 spiro atoms. The molecule has 6 nitrogen and oxygen atoms in total. The number of hydrogen-bond donors (Lipinski definition) is 0. The molecule has 0 aromatic heterocycles. The van der Waals surface area contributed by atoms with Crippen molar-refractivity contribution >= 4 is 23.0 Å². The highest BCUT2D eigenvalue weighted by atomic mass is 19.4. The first-order chi connectivity index (χ1) is 14.3. The number of anilines is 2. The van der Waals surface area contributed by atoms with Gasteiger partial charge >= 0.3 is 6.18 Å². The Morgan fingerprint density at radius 2 is 1.73 bits per heavy atom. The van der Waals surface area contributed by atoms with E-state index in [2.05, 4.69) is 0 Å². The summed E-state index contributed by atoms with van der Waals surface area (Å²) in [5.74, 6) is -0.164. The molecule has 0 bridgehead atoms. The Hall–Kier alpha value is -3.10. The number of piperidine rings is 1. The van der Waals surface area contributed by atoms with Gasteiger partial charge in [-0.05, 0) is 43.0 Å². The Morgan fingerprint density at radius 1 is 1.03 bits per heavy atom. The van der Waals surface area contributed by atoms with Gasteiger partial charge in [0.25, 0.3) is 5.69 Å². The van der Waals surface area contributed by atoms with Gasteiger partial charge in [-0.15, -0.1) is 0 Å². The lowest BCUT2D eigenvalue weighted by Crippen LogP contribution is -2.42. The molecule has 2 aliphatic rings. The highest BCUT2D eigenvalue weighted by molar-refractivity contribution is 5.97. The number of benzene rings is 2. The van der Waals surface area contributed by atoms with Gasteiger partial charge in [-0.2, -0.15) is 13.2 Å². The molecule has 30 heavy (non-hydrogen) atoms. The number of halogens is 3. The monoisotopic (exact) mass is 419 g/mol. The molecule has 0 aliphatic carbocycles. The van der Waals surface area contributed by atoms with Crippen molar-refractivity contribution in [3.05, 3.63) is 63.7 Å². The molecule has 0 radical (unpaired) electrons. The van der Waals surface area contributed by atoms with Gasteiger partial charge in [-0.25, -0.2) is 0 Å². The fourth-order valence-electron chi connectivity index (χ4n) is 4.27. The standard InChI is InChI=1S/C21H20F3N3O3/c22-21(23,24)16-5-6-18(19(13-16)27(29)30)25-10-7-15(8-11-25)20(28)26-12-9-14-3-1-2-4-17(14)26/h1-6,13,15H,7-12H2. The van der Waals surface area contributed by atoms with Crippen molar-refractivity contribution in [2.75, 3.05) is 29.4 Å². The van der Waals surface area contributed by atoms with Crippen molar-refractivity contribution < 1.29 is 22.9 Å². The summed E-state index contributed by atoms with van der Waals surface area (Å²) in [6, 6.07) is 10.4. The number of alkyl halides is 3. The second-order valence-electron chi connectivity index (χ2n) is 7.59. The fourth-order valence-corrected chi connectivity index (χ4v) is 4.27. The predicted octanol–water partition coefficient (Wildman–Crippen LogP) is 4.42. The Labute approximate surface area is 171 Å². The normalized spacial score (nSPS) is 17.2. The van der Waals surface area contributed by atoms with Crippen molar-refractivity contribution in [2.24, 2.45) is 5.92 Å². The van der Waals surface area contributed by atoms with Crippen LogP contribution in [0.2, 0.25) is 0 Å². The van der Waals surface area contributed by atoms with E-state index in [4.69, 9.17) is 0 Å². The SMILES string of the molecule is O=C(C1CCN(c2ccc(C(F)(F)F)cc2[N+](=O)[O-])CC1)N1CCc2ccccc21. The number of amides is 1. The van der Waals surface area contributed by atoms with E-state index < -0.39 is 22.4 Å². The third-order valence-corrected chi connectivity index (χ3v) is 5.84. The zero-order chi connectivity index (χ0) is 21.5. The molecule has 0 saturated carbocycles. The number of carbonyl (C=O) groups excluding carboxylic acids is 1. The molecule has 4 rings (SSSR count). The lowest BCUT2D eigenvalue weighted by Gasteiger charge is -2.34. The summed E-state index contributed by atoms with van der Waals surface area (Å²) in [5, 5.41) is 11.4. The van der Waals surface area contributed by atoms with Gasteiger partial charge in [0.2, 0.25) is 5.91 Å². The number of carbonyl (C=O) groups is 1. The van der Waals surface area contributed by atoms with Crippen molar-refractivity contribution in [2.45, 2.75) is 25.4 Å². The van der Waals surface area contributed by atoms with Crippen molar-refractivity contribution in [3.8, 4) is 0 Å². The van der Waals surface area contributed by atoms with Gasteiger partial charge in [0.1, 0.15) is 5.69 Å². The molecule has 2 aromatic carbocycles. The van der Waals surface area contributed by atoms with Crippen LogP contribution in [0.4, 0.5) is 30.2 Å². The van der Waals surface area contributed by atoms with Crippen LogP contribution in [0.15, 0.2) is 42.5 Å². The molecule has 2 aromatic rings. The van der Waals surface area contributed by atoms with Crippen LogP contribution in [-0.4, -0.2) is 30.5 Å². The molecule has 2 aliphatic heterocycles. The zero-order valence-electron chi connectivity index (χ0n) is 16.1. The number of hydrogen-bond acceptors (Lipinski definition) is 4. The molecular weight excluding hydrogens is 399 g/mol. The first kappa shape index (κ1) is 20.2. The molecule has 2 heterocycles. The minimum Gasteiger partial charge on any atom is -0.366 e. The molecule has 158 valence electrons. The third-order valence-electron chi connectivity index (χ3n) is 5.84. The molecule has 1 amide bonds. The van der Waals surface area contributed by atoms with Crippen LogP contribution in [0.3, 0.4) is 0 Å². The molecule has 0 unspecified atom stereocenters. The van der Waals surface area contributed by atoms with Crippen LogP contribution in [-0.2, 0) is 17.4 Å². The number of nitro groups is 1. The maximum atomic E-state index is 13.0. The van der Waals surface area contributed by atoms with Gasteiger partial charge in [-0.3, -0.25) is 14.9 Å². The maximum Gasteiger partial charge on any atom is 0.416 e. The lowest BCUT2D eigenvalue weighted by atomic mass is 9.94. The fraction of sp³-hybridized carbons (Fsp3) is 0.381. The number of nitro benzene ring substituents is 1. The van der Waals surface area contributed by atoms with Gasteiger partial charge < -0.3 is 9.80 Å². The molecular formula is C21H20F3N3O3. The summed E-state index contributed by atoms with van der Waals surface area (Å²) in [5.41, 5.74) is 0.621. The largest absolute Gasteiger partial charge is 0.416 e. The average Bonchev–Trinajstić information content (AvgIpc) is 3.16. The van der Waals surface area contributed by atoms with E-state index in [1.165, 1.54) is 0 Å². The molecule has 1 fully saturated rings. The quantitative estimate of drug-likeness (QED) is 0.546. The Bertz CT molecular complexity index is 985. The molecule has 0 atom stereocenters. The average molecular weight is 419 g/mol. The number of rotatable bonds is 3. The van der Waals surface area contributed by atoms with Crippen LogP contribution in [0.5, 0.6) is 0 Å². The zero-order valence-corrected chi connectivity index (χ0v) is 16.1.